The third kappa shape index (κ3) is 7.32. The molecule has 2 amide bonds. The summed E-state index contributed by atoms with van der Waals surface area (Å²) in [5, 5.41) is 0. The Balaban J connectivity index is 2.19. The Bertz CT molecular complexity index is 918. The molecule has 0 aliphatic carbocycles. The summed E-state index contributed by atoms with van der Waals surface area (Å²) in [4.78, 5) is 25.9. The maximum atomic E-state index is 14.5. The lowest BCUT2D eigenvalue weighted by atomic mass is 9.88. The molecule has 0 N–H and O–H groups in total. The summed E-state index contributed by atoms with van der Waals surface area (Å²) in [7, 11) is -4.10. The largest absolute Gasteiger partial charge is 0.445 e. The molecule has 11 heteroatoms. The monoisotopic (exact) mass is 476 g/mol. The van der Waals surface area contributed by atoms with Crippen molar-refractivity contribution in [3.8, 4) is 0 Å². The van der Waals surface area contributed by atoms with Crippen molar-refractivity contribution in [2.75, 3.05) is 19.3 Å². The van der Waals surface area contributed by atoms with Gasteiger partial charge in [-0.25, -0.2) is 31.1 Å². The molecule has 0 spiro atoms. The zero-order chi connectivity index (χ0) is 24.3. The number of sulfonamides is 1. The van der Waals surface area contributed by atoms with E-state index in [9.17, 15) is 26.8 Å². The van der Waals surface area contributed by atoms with Crippen molar-refractivity contribution in [1.82, 2.24) is 9.21 Å². The average molecular weight is 477 g/mol. The average Bonchev–Trinajstić information content (AvgIpc) is 2.64. The molecule has 2 unspecified atom stereocenters. The predicted molar refractivity (Wildman–Crippen MR) is 114 cm³/mol. The second-order valence-corrected chi connectivity index (χ2v) is 10.9. The smallest absolute Gasteiger partial charge is 0.424 e. The van der Waals surface area contributed by atoms with Crippen LogP contribution in [0.3, 0.4) is 0 Å². The van der Waals surface area contributed by atoms with Gasteiger partial charge in [-0.05, 0) is 33.3 Å². The number of hydrogen-bond donors (Lipinski definition) is 0. The number of alkyl halides is 2. The highest BCUT2D eigenvalue weighted by molar-refractivity contribution is 7.88. The number of halogens is 2. The molecule has 1 aromatic rings. The van der Waals surface area contributed by atoms with Crippen molar-refractivity contribution in [1.29, 1.82) is 0 Å². The Morgan fingerprint density at radius 2 is 1.81 bits per heavy atom. The van der Waals surface area contributed by atoms with E-state index in [1.807, 2.05) is 0 Å². The molecule has 1 aliphatic rings. The number of carbonyl (C=O) groups excluding carboxylic acids is 2. The number of likely N-dealkylation sites (tertiary alicyclic amines) is 1. The summed E-state index contributed by atoms with van der Waals surface area (Å²) < 4.78 is 64.2. The van der Waals surface area contributed by atoms with Crippen LogP contribution in [0.2, 0.25) is 0 Å². The summed E-state index contributed by atoms with van der Waals surface area (Å²) in [5.41, 5.74) is -0.280. The number of ether oxygens (including phenoxy) is 2. The fraction of sp³-hybridized carbons (Fsp3) is 0.619. The second kappa shape index (κ2) is 9.60. The number of hydrogen-bond acceptors (Lipinski definition) is 6. The van der Waals surface area contributed by atoms with Gasteiger partial charge in [0.15, 0.2) is 0 Å². The summed E-state index contributed by atoms with van der Waals surface area (Å²) in [5.74, 6) is -4.30. The van der Waals surface area contributed by atoms with Gasteiger partial charge in [-0.15, -0.1) is 0 Å². The van der Waals surface area contributed by atoms with Crippen LogP contribution in [0, 0.1) is 5.92 Å². The van der Waals surface area contributed by atoms with Crippen LogP contribution in [-0.2, 0) is 26.1 Å². The second-order valence-electron chi connectivity index (χ2n) is 9.00. The minimum absolute atomic E-state index is 0.0908. The van der Waals surface area contributed by atoms with Gasteiger partial charge in [-0.1, -0.05) is 30.3 Å². The van der Waals surface area contributed by atoms with Gasteiger partial charge in [0.05, 0.1) is 12.8 Å². The molecule has 2 atom stereocenters. The first-order valence-corrected chi connectivity index (χ1v) is 12.0. The molecule has 0 radical (unpaired) electrons. The minimum atomic E-state index is -4.10. The quantitative estimate of drug-likeness (QED) is 0.641. The van der Waals surface area contributed by atoms with Gasteiger partial charge in [0, 0.05) is 24.9 Å². The number of rotatable bonds is 5. The van der Waals surface area contributed by atoms with Crippen molar-refractivity contribution < 1.29 is 36.3 Å². The first kappa shape index (κ1) is 25.8. The molecule has 2 rings (SSSR count). The number of amides is 2. The molecular weight excluding hydrogens is 446 g/mol. The highest BCUT2D eigenvalue weighted by Gasteiger charge is 2.48. The first-order valence-electron chi connectivity index (χ1n) is 10.1. The maximum absolute atomic E-state index is 14.5. The zero-order valence-electron chi connectivity index (χ0n) is 18.9. The van der Waals surface area contributed by atoms with E-state index in [4.69, 9.17) is 9.47 Å². The van der Waals surface area contributed by atoms with E-state index in [0.29, 0.717) is 9.87 Å². The van der Waals surface area contributed by atoms with Gasteiger partial charge in [0.1, 0.15) is 12.2 Å². The molecule has 180 valence electrons. The molecule has 8 nitrogen and oxygen atoms in total. The Morgan fingerprint density at radius 3 is 2.34 bits per heavy atom. The van der Waals surface area contributed by atoms with E-state index in [1.165, 1.54) is 6.92 Å². The SMILES string of the molecule is CC1C(CN(C(=O)OC(C)(C)C)S(C)(=O)=O)CC(F)(F)CN1C(=O)OCc1ccccc1. The number of piperidine rings is 1. The van der Waals surface area contributed by atoms with Crippen LogP contribution in [0.4, 0.5) is 18.4 Å². The van der Waals surface area contributed by atoms with E-state index >= 15 is 0 Å². The Morgan fingerprint density at radius 1 is 1.22 bits per heavy atom. The normalized spacial score (nSPS) is 21.0. The molecule has 1 aromatic carbocycles. The lowest BCUT2D eigenvalue weighted by molar-refractivity contribution is -0.0999. The lowest BCUT2D eigenvalue weighted by Crippen LogP contribution is -2.57. The summed E-state index contributed by atoms with van der Waals surface area (Å²) >= 11 is 0. The van der Waals surface area contributed by atoms with Crippen LogP contribution < -0.4 is 0 Å². The fourth-order valence-corrected chi connectivity index (χ4v) is 4.16. The van der Waals surface area contributed by atoms with Crippen molar-refractivity contribution in [2.45, 2.75) is 58.3 Å². The van der Waals surface area contributed by atoms with E-state index in [0.717, 1.165) is 11.2 Å². The third-order valence-corrected chi connectivity index (χ3v) is 6.07. The van der Waals surface area contributed by atoms with E-state index in [-0.39, 0.29) is 6.61 Å². The number of nitrogens with zero attached hydrogens (tertiary/aromatic N) is 2. The van der Waals surface area contributed by atoms with Gasteiger partial charge < -0.3 is 9.47 Å². The van der Waals surface area contributed by atoms with Crippen molar-refractivity contribution >= 4 is 22.2 Å². The van der Waals surface area contributed by atoms with Crippen LogP contribution in [0.15, 0.2) is 30.3 Å². The highest BCUT2D eigenvalue weighted by Crippen LogP contribution is 2.36. The lowest BCUT2D eigenvalue weighted by Gasteiger charge is -2.43. The van der Waals surface area contributed by atoms with Gasteiger partial charge in [0.2, 0.25) is 10.0 Å². The molecule has 0 aromatic heterocycles. The molecule has 1 aliphatic heterocycles. The van der Waals surface area contributed by atoms with Crippen LogP contribution in [0.5, 0.6) is 0 Å². The molecule has 1 fully saturated rings. The van der Waals surface area contributed by atoms with Crippen LogP contribution in [-0.4, -0.2) is 66.7 Å². The standard InChI is InChI=1S/C21H30F2N2O6S/c1-15-17(12-25(32(5,28)29)19(27)31-20(2,3)4)11-21(22,23)14-24(15)18(26)30-13-16-9-7-6-8-10-16/h6-10,15,17H,11-14H2,1-5H3. The summed E-state index contributed by atoms with van der Waals surface area (Å²) in [6.45, 7) is 4.72. The van der Waals surface area contributed by atoms with Crippen LogP contribution >= 0.6 is 0 Å². The molecule has 0 saturated carbocycles. The molecule has 32 heavy (non-hydrogen) atoms. The predicted octanol–water partition coefficient (Wildman–Crippen LogP) is 3.87. The zero-order valence-corrected chi connectivity index (χ0v) is 19.7. The molecule has 1 heterocycles. The van der Waals surface area contributed by atoms with Crippen LogP contribution in [0.1, 0.15) is 39.7 Å². The topological polar surface area (TPSA) is 93.2 Å². The minimum Gasteiger partial charge on any atom is -0.445 e. The fourth-order valence-electron chi connectivity index (χ4n) is 3.39. The number of benzene rings is 1. The van der Waals surface area contributed by atoms with Crippen molar-refractivity contribution in [2.24, 2.45) is 5.92 Å². The van der Waals surface area contributed by atoms with E-state index in [2.05, 4.69) is 0 Å². The Hall–Kier alpha value is -2.43. The molecule has 0 bridgehead atoms. The molecule has 1 saturated heterocycles. The third-order valence-electron chi connectivity index (χ3n) is 4.97. The van der Waals surface area contributed by atoms with Gasteiger partial charge in [-0.2, -0.15) is 0 Å². The summed E-state index contributed by atoms with van der Waals surface area (Å²) in [6.07, 6.45) is -1.98. The summed E-state index contributed by atoms with van der Waals surface area (Å²) in [6, 6.07) is 7.97. The maximum Gasteiger partial charge on any atom is 0.424 e. The highest BCUT2D eigenvalue weighted by atomic mass is 32.2. The van der Waals surface area contributed by atoms with Gasteiger partial charge in [0.25, 0.3) is 5.92 Å². The number of carbonyl (C=O) groups is 2. The van der Waals surface area contributed by atoms with Crippen molar-refractivity contribution in [3.63, 3.8) is 0 Å². The Labute approximate surface area is 187 Å². The van der Waals surface area contributed by atoms with E-state index in [1.54, 1.807) is 51.1 Å². The Kier molecular flexibility index (Phi) is 7.75. The van der Waals surface area contributed by atoms with Crippen molar-refractivity contribution in [3.05, 3.63) is 35.9 Å². The van der Waals surface area contributed by atoms with E-state index < -0.39 is 65.2 Å². The van der Waals surface area contributed by atoms with Gasteiger partial charge in [-0.3, -0.25) is 4.90 Å². The first-order chi connectivity index (χ1) is 14.6. The van der Waals surface area contributed by atoms with Gasteiger partial charge >= 0.3 is 12.2 Å². The molecular formula is C21H30F2N2O6S. The van der Waals surface area contributed by atoms with Crippen LogP contribution in [0.25, 0.3) is 0 Å².